The third kappa shape index (κ3) is 5.21. The van der Waals surface area contributed by atoms with Crippen LogP contribution in [0.3, 0.4) is 0 Å². The van der Waals surface area contributed by atoms with Crippen molar-refractivity contribution in [1.29, 1.82) is 0 Å². The fourth-order valence-corrected chi connectivity index (χ4v) is 4.73. The van der Waals surface area contributed by atoms with Gasteiger partial charge < -0.3 is 15.0 Å². The SMILES string of the molecule is CC(C)Oc1ccc(C(=O)NC[C@H](c2ccc3c(c2)CCN3C)N2CCCCC2)cc1. The van der Waals surface area contributed by atoms with Crippen LogP contribution in [0.2, 0.25) is 0 Å². The zero-order chi connectivity index (χ0) is 21.8. The minimum Gasteiger partial charge on any atom is -0.491 e. The highest BCUT2D eigenvalue weighted by molar-refractivity contribution is 5.94. The van der Waals surface area contributed by atoms with Crippen molar-refractivity contribution in [2.45, 2.75) is 51.7 Å². The third-order valence-electron chi connectivity index (χ3n) is 6.39. The number of ether oxygens (including phenoxy) is 1. The van der Waals surface area contributed by atoms with Gasteiger partial charge in [-0.3, -0.25) is 9.69 Å². The molecule has 0 bridgehead atoms. The molecule has 31 heavy (non-hydrogen) atoms. The molecule has 2 aromatic carbocycles. The fourth-order valence-electron chi connectivity index (χ4n) is 4.73. The molecule has 1 fully saturated rings. The number of nitrogens with one attached hydrogen (secondary N) is 1. The molecule has 4 rings (SSSR count). The van der Waals surface area contributed by atoms with Crippen molar-refractivity contribution in [3.05, 3.63) is 59.2 Å². The Kier molecular flexibility index (Phi) is 6.81. The Hall–Kier alpha value is -2.53. The van der Waals surface area contributed by atoms with Crippen LogP contribution in [0.25, 0.3) is 0 Å². The van der Waals surface area contributed by atoms with Crippen LogP contribution in [0.15, 0.2) is 42.5 Å². The number of hydrogen-bond acceptors (Lipinski definition) is 4. The number of likely N-dealkylation sites (N-methyl/N-ethyl adjacent to an activating group) is 1. The average Bonchev–Trinajstić information content (AvgIpc) is 3.15. The summed E-state index contributed by atoms with van der Waals surface area (Å²) in [7, 11) is 2.16. The first-order valence-corrected chi connectivity index (χ1v) is 11.6. The van der Waals surface area contributed by atoms with Crippen LogP contribution in [-0.2, 0) is 6.42 Å². The molecule has 5 heteroatoms. The predicted molar refractivity (Wildman–Crippen MR) is 126 cm³/mol. The van der Waals surface area contributed by atoms with Gasteiger partial charge in [0.2, 0.25) is 0 Å². The van der Waals surface area contributed by atoms with Crippen molar-refractivity contribution in [3.63, 3.8) is 0 Å². The van der Waals surface area contributed by atoms with E-state index in [9.17, 15) is 4.79 Å². The molecule has 166 valence electrons. The number of amides is 1. The minimum absolute atomic E-state index is 0.0287. The van der Waals surface area contributed by atoms with Crippen molar-refractivity contribution in [2.24, 2.45) is 0 Å². The number of anilines is 1. The van der Waals surface area contributed by atoms with Crippen molar-refractivity contribution >= 4 is 11.6 Å². The molecule has 0 spiro atoms. The maximum Gasteiger partial charge on any atom is 0.251 e. The molecule has 0 aromatic heterocycles. The standard InChI is InChI=1S/C26H35N3O2/c1-19(2)31-23-10-7-20(8-11-23)26(30)27-18-25(29-14-5-4-6-15-29)21-9-12-24-22(17-21)13-16-28(24)3/h7-12,17,19,25H,4-6,13-16,18H2,1-3H3,(H,27,30)/t25-/m1/s1. The summed E-state index contributed by atoms with van der Waals surface area (Å²) in [4.78, 5) is 17.7. The van der Waals surface area contributed by atoms with Gasteiger partial charge in [0, 0.05) is 31.4 Å². The van der Waals surface area contributed by atoms with E-state index < -0.39 is 0 Å². The Balaban J connectivity index is 1.47. The summed E-state index contributed by atoms with van der Waals surface area (Å²) in [6.45, 7) is 7.90. The molecule has 0 radical (unpaired) electrons. The van der Waals surface area contributed by atoms with Crippen molar-refractivity contribution in [1.82, 2.24) is 10.2 Å². The lowest BCUT2D eigenvalue weighted by atomic mass is 9.98. The normalized spacial score (nSPS) is 17.5. The molecule has 2 aromatic rings. The van der Waals surface area contributed by atoms with E-state index in [-0.39, 0.29) is 18.1 Å². The molecule has 2 aliphatic heterocycles. The molecule has 2 heterocycles. The molecule has 1 atom stereocenters. The Bertz CT molecular complexity index is 888. The first-order chi connectivity index (χ1) is 15.0. The number of piperidine rings is 1. The van der Waals surface area contributed by atoms with Gasteiger partial charge in [-0.05, 0) is 87.7 Å². The zero-order valence-corrected chi connectivity index (χ0v) is 19.1. The highest BCUT2D eigenvalue weighted by Gasteiger charge is 2.25. The topological polar surface area (TPSA) is 44.8 Å². The van der Waals surface area contributed by atoms with Crippen LogP contribution in [0.1, 0.15) is 60.6 Å². The van der Waals surface area contributed by atoms with Crippen LogP contribution in [0, 0.1) is 0 Å². The molecule has 1 amide bonds. The highest BCUT2D eigenvalue weighted by Crippen LogP contribution is 2.32. The van der Waals surface area contributed by atoms with Gasteiger partial charge in [-0.15, -0.1) is 0 Å². The smallest absolute Gasteiger partial charge is 0.251 e. The number of rotatable bonds is 7. The second-order valence-electron chi connectivity index (χ2n) is 9.07. The van der Waals surface area contributed by atoms with E-state index in [2.05, 4.69) is 40.4 Å². The van der Waals surface area contributed by atoms with Crippen LogP contribution in [0.5, 0.6) is 5.75 Å². The Morgan fingerprint density at radius 3 is 2.48 bits per heavy atom. The molecule has 2 aliphatic rings. The van der Waals surface area contributed by atoms with Gasteiger partial charge in [-0.25, -0.2) is 0 Å². The number of fused-ring (bicyclic) bond motifs is 1. The van der Waals surface area contributed by atoms with Gasteiger partial charge in [0.1, 0.15) is 5.75 Å². The van der Waals surface area contributed by atoms with Gasteiger partial charge in [-0.2, -0.15) is 0 Å². The average molecular weight is 422 g/mol. The first kappa shape index (κ1) is 21.7. The van der Waals surface area contributed by atoms with Crippen molar-refractivity contribution in [3.8, 4) is 5.75 Å². The van der Waals surface area contributed by atoms with Gasteiger partial charge in [0.25, 0.3) is 5.91 Å². The third-order valence-corrected chi connectivity index (χ3v) is 6.39. The number of nitrogens with zero attached hydrogens (tertiary/aromatic N) is 2. The summed E-state index contributed by atoms with van der Waals surface area (Å²) in [5, 5.41) is 3.20. The van der Waals surface area contributed by atoms with E-state index in [1.165, 1.54) is 36.1 Å². The molecule has 0 aliphatic carbocycles. The van der Waals surface area contributed by atoms with E-state index >= 15 is 0 Å². The molecular weight excluding hydrogens is 386 g/mol. The quantitative estimate of drug-likeness (QED) is 0.719. The first-order valence-electron chi connectivity index (χ1n) is 11.6. The molecule has 1 saturated heterocycles. The lowest BCUT2D eigenvalue weighted by Crippen LogP contribution is -2.40. The van der Waals surface area contributed by atoms with Crippen LogP contribution < -0.4 is 15.0 Å². The summed E-state index contributed by atoms with van der Waals surface area (Å²) in [6, 6.07) is 14.5. The maximum absolute atomic E-state index is 12.8. The number of likely N-dealkylation sites (tertiary alicyclic amines) is 1. The Morgan fingerprint density at radius 1 is 1.03 bits per heavy atom. The highest BCUT2D eigenvalue weighted by atomic mass is 16.5. The van der Waals surface area contributed by atoms with Gasteiger partial charge in [0.05, 0.1) is 12.1 Å². The lowest BCUT2D eigenvalue weighted by molar-refractivity contribution is 0.0924. The number of carbonyl (C=O) groups is 1. The number of hydrogen-bond donors (Lipinski definition) is 1. The second kappa shape index (κ2) is 9.73. The zero-order valence-electron chi connectivity index (χ0n) is 19.1. The molecule has 5 nitrogen and oxygen atoms in total. The monoisotopic (exact) mass is 421 g/mol. The molecule has 1 N–H and O–H groups in total. The maximum atomic E-state index is 12.8. The van der Waals surface area contributed by atoms with Crippen molar-refractivity contribution in [2.75, 3.05) is 38.1 Å². The minimum atomic E-state index is -0.0287. The van der Waals surface area contributed by atoms with Crippen molar-refractivity contribution < 1.29 is 9.53 Å². The van der Waals surface area contributed by atoms with E-state index in [1.54, 1.807) is 0 Å². The van der Waals surface area contributed by atoms with Crippen LogP contribution in [0.4, 0.5) is 5.69 Å². The summed E-state index contributed by atoms with van der Waals surface area (Å²) in [5.74, 6) is 0.764. The van der Waals surface area contributed by atoms with Gasteiger partial charge in [-0.1, -0.05) is 18.6 Å². The van der Waals surface area contributed by atoms with Crippen LogP contribution >= 0.6 is 0 Å². The predicted octanol–water partition coefficient (Wildman–Crippen LogP) is 4.42. The Morgan fingerprint density at radius 2 is 1.77 bits per heavy atom. The van der Waals surface area contributed by atoms with Crippen LogP contribution in [-0.4, -0.2) is 50.1 Å². The van der Waals surface area contributed by atoms with E-state index in [0.717, 1.165) is 31.8 Å². The largest absolute Gasteiger partial charge is 0.491 e. The number of carbonyl (C=O) groups excluding carboxylic acids is 1. The summed E-state index contributed by atoms with van der Waals surface area (Å²) in [6.07, 6.45) is 4.99. The van der Waals surface area contributed by atoms with E-state index in [1.807, 2.05) is 38.1 Å². The molecule has 0 saturated carbocycles. The Labute approximate surface area is 186 Å². The second-order valence-corrected chi connectivity index (χ2v) is 9.07. The number of benzene rings is 2. The van der Waals surface area contributed by atoms with E-state index in [4.69, 9.17) is 4.74 Å². The lowest BCUT2D eigenvalue weighted by Gasteiger charge is -2.35. The van der Waals surface area contributed by atoms with Gasteiger partial charge >= 0.3 is 0 Å². The summed E-state index contributed by atoms with van der Waals surface area (Å²) < 4.78 is 5.69. The fraction of sp³-hybridized carbons (Fsp3) is 0.500. The summed E-state index contributed by atoms with van der Waals surface area (Å²) >= 11 is 0. The summed E-state index contributed by atoms with van der Waals surface area (Å²) in [5.41, 5.74) is 4.75. The molecular formula is C26H35N3O2. The molecule has 0 unspecified atom stereocenters. The van der Waals surface area contributed by atoms with Gasteiger partial charge in [0.15, 0.2) is 0 Å². The van der Waals surface area contributed by atoms with E-state index in [0.29, 0.717) is 12.1 Å².